The van der Waals surface area contributed by atoms with Gasteiger partial charge in [0, 0.05) is 12.2 Å². The largest absolute Gasteiger partial charge is 0.311 e. The topological polar surface area (TPSA) is 66.5 Å². The predicted molar refractivity (Wildman–Crippen MR) is 107 cm³/mol. The Bertz CT molecular complexity index is 1010. The van der Waals surface area contributed by atoms with E-state index >= 15 is 0 Å². The first-order chi connectivity index (χ1) is 12.8. The third-order valence-electron chi connectivity index (χ3n) is 5.53. The maximum Gasteiger partial charge on any atom is 0.261 e. The molecule has 2 aliphatic heterocycles. The number of carbonyl (C=O) groups is 1. The van der Waals surface area contributed by atoms with Crippen molar-refractivity contribution in [2.75, 3.05) is 16.2 Å². The number of aryl methyl sites for hydroxylation is 1. The van der Waals surface area contributed by atoms with Crippen LogP contribution in [0.25, 0.3) is 0 Å². The van der Waals surface area contributed by atoms with Gasteiger partial charge in [-0.2, -0.15) is 0 Å². The zero-order chi connectivity index (χ0) is 19.3. The molecule has 1 atom stereocenters. The van der Waals surface area contributed by atoms with E-state index in [2.05, 4.69) is 18.6 Å². The number of sulfonamides is 1. The molecular formula is C21H24N2O3S. The Morgan fingerprint density at radius 1 is 1.15 bits per heavy atom. The minimum Gasteiger partial charge on any atom is -0.311 e. The van der Waals surface area contributed by atoms with Crippen molar-refractivity contribution in [2.24, 2.45) is 0 Å². The summed E-state index contributed by atoms with van der Waals surface area (Å²) in [4.78, 5) is 14.5. The molecule has 6 heteroatoms. The number of nitrogens with zero attached hydrogens (tertiary/aromatic N) is 1. The summed E-state index contributed by atoms with van der Waals surface area (Å²) >= 11 is 0. The zero-order valence-corrected chi connectivity index (χ0v) is 16.6. The molecule has 0 radical (unpaired) electrons. The van der Waals surface area contributed by atoms with Crippen LogP contribution < -0.4 is 9.62 Å². The molecule has 4 rings (SSSR count). The Morgan fingerprint density at radius 2 is 1.85 bits per heavy atom. The molecule has 2 aromatic rings. The second-order valence-corrected chi connectivity index (χ2v) is 9.40. The first-order valence-electron chi connectivity index (χ1n) is 9.39. The van der Waals surface area contributed by atoms with E-state index in [4.69, 9.17) is 0 Å². The summed E-state index contributed by atoms with van der Waals surface area (Å²) in [5, 5.41) is 0. The molecule has 5 nitrogen and oxygen atoms in total. The van der Waals surface area contributed by atoms with Crippen LogP contribution in [-0.4, -0.2) is 20.9 Å². The lowest BCUT2D eigenvalue weighted by Gasteiger charge is -2.26. The van der Waals surface area contributed by atoms with Crippen LogP contribution in [0.1, 0.15) is 55.7 Å². The van der Waals surface area contributed by atoms with Crippen LogP contribution in [0.15, 0.2) is 41.3 Å². The lowest BCUT2D eigenvalue weighted by Crippen LogP contribution is -2.32. The molecule has 2 heterocycles. The van der Waals surface area contributed by atoms with Gasteiger partial charge >= 0.3 is 0 Å². The smallest absolute Gasteiger partial charge is 0.261 e. The molecule has 1 N–H and O–H groups in total. The van der Waals surface area contributed by atoms with Gasteiger partial charge in [0.25, 0.3) is 10.0 Å². The van der Waals surface area contributed by atoms with Crippen molar-refractivity contribution in [1.29, 1.82) is 0 Å². The highest BCUT2D eigenvalue weighted by Gasteiger charge is 2.38. The summed E-state index contributed by atoms with van der Waals surface area (Å²) in [5.74, 6) is 0.164. The molecule has 0 aromatic heterocycles. The fourth-order valence-corrected chi connectivity index (χ4v) is 5.11. The lowest BCUT2D eigenvalue weighted by molar-refractivity contribution is -0.119. The van der Waals surface area contributed by atoms with E-state index < -0.39 is 10.0 Å². The van der Waals surface area contributed by atoms with Gasteiger partial charge in [0.2, 0.25) is 5.91 Å². The molecule has 0 unspecified atom stereocenters. The van der Waals surface area contributed by atoms with Crippen molar-refractivity contribution in [2.45, 2.75) is 50.3 Å². The Balaban J connectivity index is 1.70. The third kappa shape index (κ3) is 3.02. The van der Waals surface area contributed by atoms with Crippen LogP contribution in [0.3, 0.4) is 0 Å². The first-order valence-corrected chi connectivity index (χ1v) is 10.9. The third-order valence-corrected chi connectivity index (χ3v) is 6.89. The fraction of sp³-hybridized carbons (Fsp3) is 0.381. The van der Waals surface area contributed by atoms with Gasteiger partial charge in [-0.15, -0.1) is 0 Å². The van der Waals surface area contributed by atoms with Crippen LogP contribution in [0.2, 0.25) is 0 Å². The summed E-state index contributed by atoms with van der Waals surface area (Å²) in [7, 11) is -3.71. The van der Waals surface area contributed by atoms with Crippen molar-refractivity contribution in [3.05, 3.63) is 53.1 Å². The number of benzene rings is 2. The Hall–Kier alpha value is -2.34. The van der Waals surface area contributed by atoms with E-state index in [1.165, 1.54) is 0 Å². The predicted octanol–water partition coefficient (Wildman–Crippen LogP) is 4.01. The summed E-state index contributed by atoms with van der Waals surface area (Å²) in [6.45, 7) is 6.77. The molecule has 0 bridgehead atoms. The molecule has 0 saturated carbocycles. The summed E-state index contributed by atoms with van der Waals surface area (Å²) < 4.78 is 28.6. The van der Waals surface area contributed by atoms with Crippen molar-refractivity contribution in [1.82, 2.24) is 0 Å². The Kier molecular flexibility index (Phi) is 4.26. The summed E-state index contributed by atoms with van der Waals surface area (Å²) in [6, 6.07) is 10.8. The number of nitrogens with one attached hydrogen (secondary N) is 1. The van der Waals surface area contributed by atoms with Gasteiger partial charge in [-0.1, -0.05) is 26.0 Å². The highest BCUT2D eigenvalue weighted by molar-refractivity contribution is 7.92. The monoisotopic (exact) mass is 384 g/mol. The number of hydrogen-bond acceptors (Lipinski definition) is 3. The lowest BCUT2D eigenvalue weighted by atomic mass is 9.97. The number of anilines is 2. The number of carbonyl (C=O) groups excluding carboxylic acids is 1. The highest BCUT2D eigenvalue weighted by atomic mass is 32.2. The van der Waals surface area contributed by atoms with Gasteiger partial charge in [0.1, 0.15) is 0 Å². The van der Waals surface area contributed by atoms with Gasteiger partial charge in [-0.3, -0.25) is 9.52 Å². The Morgan fingerprint density at radius 3 is 2.52 bits per heavy atom. The first kappa shape index (κ1) is 18.0. The van der Waals surface area contributed by atoms with Crippen LogP contribution >= 0.6 is 0 Å². The molecular weight excluding hydrogens is 360 g/mol. The van der Waals surface area contributed by atoms with Crippen LogP contribution in [-0.2, 0) is 21.2 Å². The molecule has 0 saturated heterocycles. The second-order valence-electron chi connectivity index (χ2n) is 7.72. The molecule has 142 valence electrons. The minimum atomic E-state index is -3.71. The van der Waals surface area contributed by atoms with Gasteiger partial charge in [-0.05, 0) is 66.6 Å². The van der Waals surface area contributed by atoms with Gasteiger partial charge < -0.3 is 4.90 Å². The van der Waals surface area contributed by atoms with Crippen molar-refractivity contribution < 1.29 is 13.2 Å². The van der Waals surface area contributed by atoms with Crippen LogP contribution in [0, 0.1) is 0 Å². The van der Waals surface area contributed by atoms with E-state index in [1.807, 2.05) is 24.0 Å². The van der Waals surface area contributed by atoms with Crippen molar-refractivity contribution in [3.8, 4) is 0 Å². The number of rotatable bonds is 4. The molecule has 0 spiro atoms. The minimum absolute atomic E-state index is 0.0673. The van der Waals surface area contributed by atoms with Crippen molar-refractivity contribution >= 4 is 27.3 Å². The molecule has 1 amide bonds. The fourth-order valence-electron chi connectivity index (χ4n) is 3.97. The average Bonchev–Trinajstić information content (AvgIpc) is 2.88. The second kappa shape index (κ2) is 6.37. The van der Waals surface area contributed by atoms with Crippen LogP contribution in [0.4, 0.5) is 11.4 Å². The van der Waals surface area contributed by atoms with E-state index in [0.29, 0.717) is 11.6 Å². The molecule has 0 fully saturated rings. The highest BCUT2D eigenvalue weighted by Crippen LogP contribution is 2.44. The quantitative estimate of drug-likeness (QED) is 0.866. The SMILES string of the molecule is CC(C)c1ccc(NS(=O)(=O)c2cc3c4c(c2)[C@@H](C)C(=O)N4CCC3)cc1. The van der Waals surface area contributed by atoms with Crippen molar-refractivity contribution in [3.63, 3.8) is 0 Å². The van der Waals surface area contributed by atoms with E-state index in [9.17, 15) is 13.2 Å². The standard InChI is InChI=1S/C21H24N2O3S/c1-13(2)15-6-8-17(9-7-15)22-27(25,26)18-11-16-5-4-10-23-20(16)19(12-18)14(3)21(23)24/h6-9,11-14,22H,4-5,10H2,1-3H3/t14-/m1/s1. The normalized spacial score (nSPS) is 18.7. The van der Waals surface area contributed by atoms with Crippen LogP contribution in [0.5, 0.6) is 0 Å². The van der Waals surface area contributed by atoms with Gasteiger partial charge in [0.05, 0.1) is 16.5 Å². The average molecular weight is 385 g/mol. The van der Waals surface area contributed by atoms with Gasteiger partial charge in [0.15, 0.2) is 0 Å². The van der Waals surface area contributed by atoms with E-state index in [1.54, 1.807) is 24.3 Å². The summed E-state index contributed by atoms with van der Waals surface area (Å²) in [6.07, 6.45) is 1.66. The maximum absolute atomic E-state index is 13.0. The Labute approximate surface area is 160 Å². The molecule has 2 aliphatic rings. The number of amides is 1. The molecule has 2 aromatic carbocycles. The molecule has 0 aliphatic carbocycles. The van der Waals surface area contributed by atoms with E-state index in [-0.39, 0.29) is 16.7 Å². The zero-order valence-electron chi connectivity index (χ0n) is 15.8. The van der Waals surface area contributed by atoms with Gasteiger partial charge in [-0.25, -0.2) is 8.42 Å². The summed E-state index contributed by atoms with van der Waals surface area (Å²) in [5.41, 5.74) is 4.41. The maximum atomic E-state index is 13.0. The molecule has 27 heavy (non-hydrogen) atoms. The number of hydrogen-bond donors (Lipinski definition) is 1. The van der Waals surface area contributed by atoms with E-state index in [0.717, 1.165) is 41.8 Å².